The summed E-state index contributed by atoms with van der Waals surface area (Å²) in [5.74, 6) is -0.944. The molecule has 0 bridgehead atoms. The lowest BCUT2D eigenvalue weighted by atomic mass is 9.81. The molecule has 0 saturated carbocycles. The van der Waals surface area contributed by atoms with Crippen molar-refractivity contribution in [2.45, 2.75) is 25.3 Å². The zero-order valence-corrected chi connectivity index (χ0v) is 25.8. The van der Waals surface area contributed by atoms with Crippen molar-refractivity contribution in [3.8, 4) is 17.6 Å². The zero-order chi connectivity index (χ0) is 32.1. The predicted octanol–water partition coefficient (Wildman–Crippen LogP) is 4.20. The number of methoxy groups -OCH3 is 4. The molecular weight excluding hydrogens is 572 g/mol. The molecule has 0 saturated heterocycles. The monoisotopic (exact) mass is 608 g/mol. The van der Waals surface area contributed by atoms with Crippen molar-refractivity contribution >= 4 is 17.6 Å². The van der Waals surface area contributed by atoms with Gasteiger partial charge < -0.3 is 24.7 Å². The van der Waals surface area contributed by atoms with E-state index < -0.39 is 17.9 Å². The average molecular weight is 609 g/mol. The molecule has 3 aromatic carbocycles. The fraction of sp³-hybridized carbons (Fsp3) is 0.286. The molecular formula is C35H36N4O6. The summed E-state index contributed by atoms with van der Waals surface area (Å²) >= 11 is 0. The Morgan fingerprint density at radius 2 is 1.56 bits per heavy atom. The first-order valence-corrected chi connectivity index (χ1v) is 14.6. The molecule has 0 amide bonds. The van der Waals surface area contributed by atoms with Crippen LogP contribution in [-0.2, 0) is 38.4 Å². The highest BCUT2D eigenvalue weighted by Crippen LogP contribution is 2.43. The van der Waals surface area contributed by atoms with E-state index in [0.29, 0.717) is 11.3 Å². The minimum absolute atomic E-state index is 0.0231. The van der Waals surface area contributed by atoms with Gasteiger partial charge in [-0.2, -0.15) is 5.26 Å². The number of carbonyl (C=O) groups excluding carboxylic acids is 2. The Bertz CT molecular complexity index is 1690. The Labute approximate surface area is 262 Å². The van der Waals surface area contributed by atoms with E-state index in [1.54, 1.807) is 38.5 Å². The molecule has 10 heteroatoms. The summed E-state index contributed by atoms with van der Waals surface area (Å²) in [6.45, 7) is 2.58. The lowest BCUT2D eigenvalue weighted by Crippen LogP contribution is -2.40. The van der Waals surface area contributed by atoms with Crippen molar-refractivity contribution in [3.05, 3.63) is 112 Å². The summed E-state index contributed by atoms with van der Waals surface area (Å²) in [4.78, 5) is 30.4. The molecule has 3 aromatic rings. The van der Waals surface area contributed by atoms with Gasteiger partial charge in [-0.3, -0.25) is 9.80 Å². The molecule has 232 valence electrons. The van der Waals surface area contributed by atoms with Crippen LogP contribution in [0.1, 0.15) is 28.2 Å². The Kier molecular flexibility index (Phi) is 9.40. The van der Waals surface area contributed by atoms with Crippen LogP contribution >= 0.6 is 0 Å². The highest BCUT2D eigenvalue weighted by molar-refractivity contribution is 6.06. The minimum Gasteiger partial charge on any atom is -0.493 e. The standard InChI is InChI=1S/C35H36N4O6/c1-42-28-18-24-15-17-38(21-25(24)19-29(28)43-2)16-14-22-10-12-26(13-11-22)39-32(35(41)45-4)31(34(40)44-3)30(27(20-36)33(39)37)23-8-6-5-7-9-23/h5-13,18-19,30H,14-17,21,37H2,1-4H3. The SMILES string of the molecule is COC(=O)C1=C(C(=O)OC)N(c2ccc(CCN3CCc4cc(OC)c(OC)cc4C3)cc2)C(N)=C(C#N)C1c1ccccc1. The highest BCUT2D eigenvalue weighted by atomic mass is 16.5. The second kappa shape index (κ2) is 13.6. The van der Waals surface area contributed by atoms with E-state index in [0.717, 1.165) is 49.5 Å². The fourth-order valence-electron chi connectivity index (χ4n) is 6.01. The van der Waals surface area contributed by atoms with Crippen molar-refractivity contribution in [1.82, 2.24) is 4.90 Å². The summed E-state index contributed by atoms with van der Waals surface area (Å²) < 4.78 is 21.2. The third kappa shape index (κ3) is 6.08. The van der Waals surface area contributed by atoms with Crippen molar-refractivity contribution < 1.29 is 28.5 Å². The lowest BCUT2D eigenvalue weighted by molar-refractivity contribution is -0.139. The van der Waals surface area contributed by atoms with Crippen molar-refractivity contribution in [3.63, 3.8) is 0 Å². The smallest absolute Gasteiger partial charge is 0.355 e. The van der Waals surface area contributed by atoms with Crippen LogP contribution in [0.3, 0.4) is 0 Å². The van der Waals surface area contributed by atoms with E-state index in [2.05, 4.69) is 23.1 Å². The van der Waals surface area contributed by atoms with Gasteiger partial charge in [-0.05, 0) is 59.4 Å². The number of fused-ring (bicyclic) bond motifs is 1. The number of hydrogen-bond donors (Lipinski definition) is 1. The van der Waals surface area contributed by atoms with Gasteiger partial charge in [0.2, 0.25) is 0 Å². The lowest BCUT2D eigenvalue weighted by Gasteiger charge is -2.36. The van der Waals surface area contributed by atoms with Crippen molar-refractivity contribution in [1.29, 1.82) is 5.26 Å². The number of nitriles is 1. The van der Waals surface area contributed by atoms with Gasteiger partial charge in [0, 0.05) is 25.3 Å². The Morgan fingerprint density at radius 1 is 0.911 bits per heavy atom. The summed E-state index contributed by atoms with van der Waals surface area (Å²) in [6.07, 6.45) is 1.71. The molecule has 0 spiro atoms. The number of nitrogens with two attached hydrogens (primary N) is 1. The Hall–Kier alpha value is -5.27. The molecule has 1 unspecified atom stereocenters. The molecule has 2 aliphatic rings. The summed E-state index contributed by atoms with van der Waals surface area (Å²) in [5.41, 5.74) is 11.3. The van der Waals surface area contributed by atoms with Crippen LogP contribution < -0.4 is 20.1 Å². The molecule has 0 fully saturated rings. The maximum atomic E-state index is 13.3. The Balaban J connectivity index is 1.42. The topological polar surface area (TPSA) is 127 Å². The molecule has 45 heavy (non-hydrogen) atoms. The molecule has 5 rings (SSSR count). The van der Waals surface area contributed by atoms with Gasteiger partial charge in [0.25, 0.3) is 0 Å². The van der Waals surface area contributed by atoms with E-state index in [1.165, 1.54) is 30.2 Å². The molecule has 2 heterocycles. The first-order chi connectivity index (χ1) is 21.8. The van der Waals surface area contributed by atoms with Crippen LogP contribution in [0.15, 0.2) is 89.4 Å². The zero-order valence-electron chi connectivity index (χ0n) is 25.8. The van der Waals surface area contributed by atoms with Crippen LogP contribution in [-0.4, -0.2) is 58.4 Å². The predicted molar refractivity (Wildman–Crippen MR) is 168 cm³/mol. The van der Waals surface area contributed by atoms with Crippen molar-refractivity contribution in [2.24, 2.45) is 5.73 Å². The van der Waals surface area contributed by atoms with Gasteiger partial charge in [0.05, 0.1) is 51.6 Å². The summed E-state index contributed by atoms with van der Waals surface area (Å²) in [6, 6.07) is 22.8. The van der Waals surface area contributed by atoms with Gasteiger partial charge >= 0.3 is 11.9 Å². The quantitative estimate of drug-likeness (QED) is 0.353. The van der Waals surface area contributed by atoms with Crippen LogP contribution in [0.25, 0.3) is 0 Å². The van der Waals surface area contributed by atoms with E-state index in [4.69, 9.17) is 24.7 Å². The maximum absolute atomic E-state index is 13.3. The molecule has 10 nitrogen and oxygen atoms in total. The van der Waals surface area contributed by atoms with Crippen LogP contribution in [0.2, 0.25) is 0 Å². The molecule has 1 atom stereocenters. The second-order valence-electron chi connectivity index (χ2n) is 10.8. The molecule has 2 aliphatic heterocycles. The first-order valence-electron chi connectivity index (χ1n) is 14.6. The Morgan fingerprint density at radius 3 is 2.16 bits per heavy atom. The van der Waals surface area contributed by atoms with Crippen LogP contribution in [0, 0.1) is 11.3 Å². The number of hydrogen-bond acceptors (Lipinski definition) is 10. The van der Waals surface area contributed by atoms with Crippen LogP contribution in [0.4, 0.5) is 5.69 Å². The highest BCUT2D eigenvalue weighted by Gasteiger charge is 2.43. The van der Waals surface area contributed by atoms with Gasteiger partial charge in [-0.25, -0.2) is 9.59 Å². The largest absolute Gasteiger partial charge is 0.493 e. The van der Waals surface area contributed by atoms with Gasteiger partial charge in [0.15, 0.2) is 11.5 Å². The molecule has 2 N–H and O–H groups in total. The summed E-state index contributed by atoms with van der Waals surface area (Å²) in [7, 11) is 5.75. The van der Waals surface area contributed by atoms with Gasteiger partial charge in [-0.15, -0.1) is 0 Å². The van der Waals surface area contributed by atoms with Crippen LogP contribution in [0.5, 0.6) is 11.5 Å². The third-order valence-corrected chi connectivity index (χ3v) is 8.32. The maximum Gasteiger partial charge on any atom is 0.355 e. The van der Waals surface area contributed by atoms with Crippen molar-refractivity contribution in [2.75, 3.05) is 46.4 Å². The molecule has 0 aromatic heterocycles. The third-order valence-electron chi connectivity index (χ3n) is 8.32. The van der Waals surface area contributed by atoms with E-state index in [9.17, 15) is 14.9 Å². The number of rotatable bonds is 9. The number of anilines is 1. The molecule has 0 radical (unpaired) electrons. The number of allylic oxidation sites excluding steroid dienone is 1. The summed E-state index contributed by atoms with van der Waals surface area (Å²) in [5, 5.41) is 10.2. The van der Waals surface area contributed by atoms with Gasteiger partial charge in [0.1, 0.15) is 11.5 Å². The fourth-order valence-corrected chi connectivity index (χ4v) is 6.01. The number of esters is 2. The number of nitrogens with zero attached hydrogens (tertiary/aromatic N) is 3. The minimum atomic E-state index is -0.913. The average Bonchev–Trinajstić information content (AvgIpc) is 3.09. The normalized spacial score (nSPS) is 16.5. The van der Waals surface area contributed by atoms with E-state index in [-0.39, 0.29) is 22.7 Å². The first kappa shape index (κ1) is 31.2. The van der Waals surface area contributed by atoms with E-state index >= 15 is 0 Å². The molecule has 0 aliphatic carbocycles. The number of carbonyl (C=O) groups is 2. The second-order valence-corrected chi connectivity index (χ2v) is 10.8. The number of ether oxygens (including phenoxy) is 4. The number of benzene rings is 3. The van der Waals surface area contributed by atoms with Gasteiger partial charge in [-0.1, -0.05) is 42.5 Å². The van der Waals surface area contributed by atoms with E-state index in [1.807, 2.05) is 30.3 Å².